The molecule has 3 fully saturated rings. The summed E-state index contributed by atoms with van der Waals surface area (Å²) in [5, 5.41) is 20.4. The summed E-state index contributed by atoms with van der Waals surface area (Å²) in [5.41, 5.74) is -0.932. The third-order valence-electron chi connectivity index (χ3n) is 5.41. The Balaban J connectivity index is 1.72. The Kier molecular flexibility index (Phi) is 3.19. The molecule has 0 heterocycles. The minimum Gasteiger partial charge on any atom is -0.392 e. The molecule has 0 amide bonds. The molecule has 3 saturated carbocycles. The molecule has 0 spiro atoms. The van der Waals surface area contributed by atoms with Crippen molar-refractivity contribution in [2.75, 3.05) is 0 Å². The first-order valence-electron chi connectivity index (χ1n) is 7.45. The summed E-state index contributed by atoms with van der Waals surface area (Å²) in [7, 11) is 0. The molecule has 3 rings (SSSR count). The molecule has 3 heteroatoms. The van der Waals surface area contributed by atoms with Gasteiger partial charge in [0, 0.05) is 12.3 Å². The van der Waals surface area contributed by atoms with E-state index < -0.39 is 11.7 Å². The van der Waals surface area contributed by atoms with Crippen molar-refractivity contribution in [3.8, 4) is 11.8 Å². The topological polar surface area (TPSA) is 57.5 Å². The van der Waals surface area contributed by atoms with Crippen molar-refractivity contribution in [1.29, 1.82) is 0 Å². The fraction of sp³-hybridized carbons (Fsp3) is 0.812. The van der Waals surface area contributed by atoms with E-state index in [1.165, 1.54) is 6.42 Å². The lowest BCUT2D eigenvalue weighted by atomic mass is 9.59. The van der Waals surface area contributed by atoms with Gasteiger partial charge in [0.05, 0.1) is 12.0 Å². The minimum absolute atomic E-state index is 0.122. The summed E-state index contributed by atoms with van der Waals surface area (Å²) < 4.78 is 0. The van der Waals surface area contributed by atoms with Gasteiger partial charge in [0.2, 0.25) is 0 Å². The maximum absolute atomic E-state index is 11.5. The van der Waals surface area contributed by atoms with Gasteiger partial charge in [-0.3, -0.25) is 4.79 Å². The molecule has 104 valence electrons. The van der Waals surface area contributed by atoms with Crippen LogP contribution in [0, 0.1) is 35.5 Å². The predicted molar refractivity (Wildman–Crippen MR) is 71.1 cm³/mol. The molecule has 0 saturated heterocycles. The largest absolute Gasteiger partial charge is 0.392 e. The van der Waals surface area contributed by atoms with Crippen LogP contribution in [0.5, 0.6) is 0 Å². The van der Waals surface area contributed by atoms with Gasteiger partial charge >= 0.3 is 0 Å². The summed E-state index contributed by atoms with van der Waals surface area (Å²) in [6, 6.07) is 0. The van der Waals surface area contributed by atoms with Crippen LogP contribution < -0.4 is 0 Å². The fourth-order valence-electron chi connectivity index (χ4n) is 3.68. The summed E-state index contributed by atoms with van der Waals surface area (Å²) in [6.07, 6.45) is 4.86. The van der Waals surface area contributed by atoms with E-state index in [0.29, 0.717) is 18.6 Å². The number of carbonyl (C=O) groups is 1. The molecular formula is C16H22O3. The number of ketones is 1. The number of fused-ring (bicyclic) bond motifs is 1. The summed E-state index contributed by atoms with van der Waals surface area (Å²) in [5.74, 6) is 6.93. The van der Waals surface area contributed by atoms with Crippen molar-refractivity contribution >= 4 is 5.78 Å². The van der Waals surface area contributed by atoms with Crippen LogP contribution in [0.2, 0.25) is 0 Å². The first-order chi connectivity index (χ1) is 8.99. The molecule has 2 N–H and O–H groups in total. The Morgan fingerprint density at radius 2 is 2.00 bits per heavy atom. The maximum atomic E-state index is 11.5. The van der Waals surface area contributed by atoms with Crippen LogP contribution >= 0.6 is 0 Å². The second kappa shape index (κ2) is 4.61. The zero-order valence-electron chi connectivity index (χ0n) is 11.4. The SMILES string of the molecule is C[C@@](O)(C#C[C@H]1[C@@H]2CC(=O)[C@@H]2CC[C@@H]1O)C1CCC1. The van der Waals surface area contributed by atoms with Crippen molar-refractivity contribution in [3.05, 3.63) is 0 Å². The van der Waals surface area contributed by atoms with Crippen LogP contribution in [0.1, 0.15) is 45.4 Å². The highest BCUT2D eigenvalue weighted by Gasteiger charge is 2.49. The zero-order chi connectivity index (χ0) is 13.6. The number of hydrogen-bond acceptors (Lipinski definition) is 3. The monoisotopic (exact) mass is 262 g/mol. The smallest absolute Gasteiger partial charge is 0.136 e. The van der Waals surface area contributed by atoms with Crippen LogP contribution in [0.3, 0.4) is 0 Å². The maximum Gasteiger partial charge on any atom is 0.136 e. The van der Waals surface area contributed by atoms with E-state index in [-0.39, 0.29) is 23.7 Å². The molecular weight excluding hydrogens is 240 g/mol. The molecule has 0 radical (unpaired) electrons. The van der Waals surface area contributed by atoms with Crippen LogP contribution in [0.4, 0.5) is 0 Å². The van der Waals surface area contributed by atoms with Crippen molar-refractivity contribution < 1.29 is 15.0 Å². The van der Waals surface area contributed by atoms with Crippen molar-refractivity contribution in [3.63, 3.8) is 0 Å². The molecule has 0 aliphatic heterocycles. The number of rotatable bonds is 1. The van der Waals surface area contributed by atoms with Crippen molar-refractivity contribution in [1.82, 2.24) is 0 Å². The molecule has 3 aliphatic rings. The van der Waals surface area contributed by atoms with Gasteiger partial charge in [-0.25, -0.2) is 0 Å². The van der Waals surface area contributed by atoms with E-state index in [4.69, 9.17) is 0 Å². The Labute approximate surface area is 114 Å². The average Bonchev–Trinajstić information content (AvgIpc) is 2.23. The number of aliphatic hydroxyl groups excluding tert-OH is 1. The molecule has 3 aliphatic carbocycles. The Morgan fingerprint density at radius 1 is 1.26 bits per heavy atom. The van der Waals surface area contributed by atoms with Crippen molar-refractivity contribution in [2.24, 2.45) is 23.7 Å². The molecule has 0 aromatic carbocycles. The quantitative estimate of drug-likeness (QED) is 0.704. The van der Waals surface area contributed by atoms with Crippen molar-refractivity contribution in [2.45, 2.75) is 57.2 Å². The third kappa shape index (κ3) is 2.22. The Morgan fingerprint density at radius 3 is 2.58 bits per heavy atom. The number of hydrogen-bond donors (Lipinski definition) is 2. The van der Waals surface area contributed by atoms with E-state index in [2.05, 4.69) is 11.8 Å². The van der Waals surface area contributed by atoms with E-state index in [1.807, 2.05) is 0 Å². The van der Waals surface area contributed by atoms with Gasteiger partial charge in [-0.15, -0.1) is 0 Å². The minimum atomic E-state index is -0.932. The molecule has 3 nitrogen and oxygen atoms in total. The zero-order valence-corrected chi connectivity index (χ0v) is 11.4. The lowest BCUT2D eigenvalue weighted by Crippen LogP contribution is -2.49. The summed E-state index contributed by atoms with van der Waals surface area (Å²) in [4.78, 5) is 11.5. The highest BCUT2D eigenvalue weighted by molar-refractivity contribution is 5.87. The summed E-state index contributed by atoms with van der Waals surface area (Å²) >= 11 is 0. The molecule has 19 heavy (non-hydrogen) atoms. The summed E-state index contributed by atoms with van der Waals surface area (Å²) in [6.45, 7) is 1.78. The second-order valence-corrected chi connectivity index (χ2v) is 6.66. The predicted octanol–water partition coefficient (Wildman–Crippen LogP) is 1.52. The van der Waals surface area contributed by atoms with Gasteiger partial charge in [0.15, 0.2) is 0 Å². The lowest BCUT2D eigenvalue weighted by molar-refractivity contribution is -0.141. The fourth-order valence-corrected chi connectivity index (χ4v) is 3.68. The second-order valence-electron chi connectivity index (χ2n) is 6.66. The van der Waals surface area contributed by atoms with Gasteiger partial charge in [0.25, 0.3) is 0 Å². The van der Waals surface area contributed by atoms with Gasteiger partial charge in [-0.05, 0) is 44.4 Å². The van der Waals surface area contributed by atoms with Crippen LogP contribution in [0.15, 0.2) is 0 Å². The van der Waals surface area contributed by atoms with E-state index in [1.54, 1.807) is 6.92 Å². The van der Waals surface area contributed by atoms with E-state index in [9.17, 15) is 15.0 Å². The van der Waals surface area contributed by atoms with Crippen LogP contribution in [0.25, 0.3) is 0 Å². The highest BCUT2D eigenvalue weighted by atomic mass is 16.3. The van der Waals surface area contributed by atoms with Gasteiger partial charge < -0.3 is 10.2 Å². The van der Waals surface area contributed by atoms with Crippen LogP contribution in [-0.2, 0) is 4.79 Å². The highest BCUT2D eigenvalue weighted by Crippen LogP contribution is 2.45. The van der Waals surface area contributed by atoms with Crippen LogP contribution in [-0.4, -0.2) is 27.7 Å². The molecule has 0 unspecified atom stereocenters. The first-order valence-corrected chi connectivity index (χ1v) is 7.45. The number of Topliss-reactive ketones (excluding diaryl/α,β-unsaturated/α-hetero) is 1. The van der Waals surface area contributed by atoms with E-state index in [0.717, 1.165) is 19.3 Å². The van der Waals surface area contributed by atoms with Gasteiger partial charge in [-0.2, -0.15) is 0 Å². The van der Waals surface area contributed by atoms with Gasteiger partial charge in [0.1, 0.15) is 11.4 Å². The average molecular weight is 262 g/mol. The standard InChI is InChI=1S/C16H22O3/c1-16(19,10-3-2-4-10)8-7-12-13-9-15(18)11(13)5-6-14(12)17/h10-14,17,19H,2-6,9H2,1H3/t11-,12+,13-,14+,16-/m1/s1. The first kappa shape index (κ1) is 13.1. The molecule has 5 atom stereocenters. The Bertz CT molecular complexity index is 439. The molecule has 0 aromatic rings. The molecule has 0 bridgehead atoms. The number of aliphatic hydroxyl groups is 2. The lowest BCUT2D eigenvalue weighted by Gasteiger charge is -2.45. The van der Waals surface area contributed by atoms with E-state index >= 15 is 0 Å². The molecule has 0 aromatic heterocycles. The Hall–Kier alpha value is -0.850. The third-order valence-corrected chi connectivity index (χ3v) is 5.41. The number of carbonyl (C=O) groups excluding carboxylic acids is 1. The van der Waals surface area contributed by atoms with Gasteiger partial charge in [-0.1, -0.05) is 18.3 Å². The normalized spacial score (nSPS) is 41.1.